The topological polar surface area (TPSA) is 137 Å². The van der Waals surface area contributed by atoms with Crippen LogP contribution in [0.15, 0.2) is 131 Å². The Morgan fingerprint density at radius 2 is 1.64 bits per heavy atom. The van der Waals surface area contributed by atoms with Crippen molar-refractivity contribution in [3.63, 3.8) is 0 Å². The molecule has 6 aromatic rings. The number of rotatable bonds is 18. The predicted octanol–water partition coefficient (Wildman–Crippen LogP) is 9.53. The van der Waals surface area contributed by atoms with Crippen molar-refractivity contribution in [1.82, 2.24) is 19.8 Å². The summed E-state index contributed by atoms with van der Waals surface area (Å²) >= 11 is 7.82. The highest BCUT2D eigenvalue weighted by molar-refractivity contribution is 7.99. The van der Waals surface area contributed by atoms with Crippen molar-refractivity contribution in [2.75, 3.05) is 67.0 Å². The van der Waals surface area contributed by atoms with Crippen molar-refractivity contribution >= 4 is 67.2 Å². The van der Waals surface area contributed by atoms with Gasteiger partial charge in [0.2, 0.25) is 0 Å². The first-order valence-corrected chi connectivity index (χ1v) is 23.3. The van der Waals surface area contributed by atoms with Crippen LogP contribution in [-0.2, 0) is 16.6 Å². The number of hydrogen-bond donors (Lipinski definition) is 2. The van der Waals surface area contributed by atoms with E-state index in [1.54, 1.807) is 11.8 Å². The first-order valence-electron chi connectivity index (χ1n) is 20.4. The second-order valence-electron chi connectivity index (χ2n) is 15.8. The number of hydrogen-bond acceptors (Lipinski definition) is 11. The fourth-order valence-corrected chi connectivity index (χ4v) is 9.83. The summed E-state index contributed by atoms with van der Waals surface area (Å²) in [6.45, 7) is 10.2. The monoisotopic (exact) mass is 878 g/mol. The number of nitrogens with one attached hydrogen (secondary N) is 2. The highest BCUT2D eigenvalue weighted by Crippen LogP contribution is 2.33. The van der Waals surface area contributed by atoms with Gasteiger partial charge in [0.25, 0.3) is 15.7 Å². The van der Waals surface area contributed by atoms with Crippen LogP contribution in [0.5, 0.6) is 0 Å². The maximum Gasteiger partial charge on any atom is 0.293 e. The Bertz CT molecular complexity index is 2540. The van der Waals surface area contributed by atoms with Gasteiger partial charge in [-0.2, -0.15) is 0 Å². The van der Waals surface area contributed by atoms with E-state index in [1.165, 1.54) is 29.6 Å². The zero-order chi connectivity index (χ0) is 42.9. The van der Waals surface area contributed by atoms with Crippen LogP contribution in [0, 0.1) is 16.0 Å². The maximum atomic E-state index is 13.8. The Labute approximate surface area is 367 Å². The number of halogens is 1. The first kappa shape index (κ1) is 43.8. The van der Waals surface area contributed by atoms with Crippen molar-refractivity contribution in [2.24, 2.45) is 5.92 Å². The molecule has 1 fully saturated rings. The second kappa shape index (κ2) is 20.1. The van der Waals surface area contributed by atoms with Crippen LogP contribution < -0.4 is 14.9 Å². The third-order valence-electron chi connectivity index (χ3n) is 10.7. The SMILES string of the molecule is CC(C)CN(C)CC[C@H](CSc1ccccc1)Nc1ccc(S(=O)(=O)Nc2ncnc3cc(N4CCN(Cc5ccccc5-c5ccc(Cl)cc5)CC4)ccc23)cc1[N+](=O)[O-]. The number of anilines is 3. The largest absolute Gasteiger partial charge is 0.376 e. The molecule has 1 atom stereocenters. The fraction of sp³-hybridized carbons (Fsp3) is 0.304. The predicted molar refractivity (Wildman–Crippen MR) is 249 cm³/mol. The van der Waals surface area contributed by atoms with Crippen molar-refractivity contribution in [3.8, 4) is 11.1 Å². The highest BCUT2D eigenvalue weighted by Gasteiger charge is 2.25. The zero-order valence-corrected chi connectivity index (χ0v) is 37.0. The molecule has 0 aliphatic carbocycles. The quantitative estimate of drug-likeness (QED) is 0.0485. The van der Waals surface area contributed by atoms with Gasteiger partial charge >= 0.3 is 0 Å². The standard InChI is InChI=1S/C46H51ClN8O4S2/c1-33(2)29-52(3)22-21-37(31-60-39-10-5-4-6-11-39)50-43-20-18-40(28-45(43)55(56)57)61(58,59)51-46-42-19-17-38(27-44(42)48-32-49-46)54-25-23-53(24-26-54)30-35-9-7-8-12-41(35)34-13-15-36(47)16-14-34/h4-20,27-28,32-33,37,50H,21-26,29-31H2,1-3H3,(H,48,49,51)/t37-/m1/s1. The van der Waals surface area contributed by atoms with Gasteiger partial charge in [-0.25, -0.2) is 18.4 Å². The minimum atomic E-state index is -4.28. The number of nitro benzene ring substituents is 1. The number of sulfonamides is 1. The summed E-state index contributed by atoms with van der Waals surface area (Å²) in [5.74, 6) is 1.26. The van der Waals surface area contributed by atoms with Crippen LogP contribution in [0.4, 0.5) is 22.9 Å². The van der Waals surface area contributed by atoms with Gasteiger partial charge in [0.1, 0.15) is 12.0 Å². The minimum Gasteiger partial charge on any atom is -0.376 e. The van der Waals surface area contributed by atoms with Crippen molar-refractivity contribution in [3.05, 3.63) is 142 Å². The lowest BCUT2D eigenvalue weighted by Crippen LogP contribution is -2.46. The fourth-order valence-electron chi connectivity index (χ4n) is 7.66. The summed E-state index contributed by atoms with van der Waals surface area (Å²) < 4.78 is 30.2. The van der Waals surface area contributed by atoms with Gasteiger partial charge in [-0.1, -0.05) is 80.0 Å². The van der Waals surface area contributed by atoms with E-state index < -0.39 is 14.9 Å². The van der Waals surface area contributed by atoms with Crippen LogP contribution in [-0.4, -0.2) is 91.2 Å². The lowest BCUT2D eigenvalue weighted by molar-refractivity contribution is -0.384. The zero-order valence-electron chi connectivity index (χ0n) is 34.6. The molecule has 318 valence electrons. The van der Waals surface area contributed by atoms with Crippen LogP contribution >= 0.6 is 23.4 Å². The van der Waals surface area contributed by atoms with E-state index in [4.69, 9.17) is 11.6 Å². The molecule has 1 aliphatic heterocycles. The third-order valence-corrected chi connectivity index (χ3v) is 13.5. The van der Waals surface area contributed by atoms with Crippen molar-refractivity contribution in [2.45, 2.75) is 42.6 Å². The van der Waals surface area contributed by atoms with E-state index in [-0.39, 0.29) is 28.1 Å². The van der Waals surface area contributed by atoms with Crippen LogP contribution in [0.1, 0.15) is 25.8 Å². The Morgan fingerprint density at radius 1 is 0.902 bits per heavy atom. The summed E-state index contributed by atoms with van der Waals surface area (Å²) in [5, 5.41) is 17.0. The van der Waals surface area contributed by atoms with Gasteiger partial charge in [-0.05, 0) is 97.2 Å². The Balaban J connectivity index is 1.02. The molecule has 0 radical (unpaired) electrons. The molecule has 2 heterocycles. The van der Waals surface area contributed by atoms with Crippen LogP contribution in [0.3, 0.4) is 0 Å². The van der Waals surface area contributed by atoms with Gasteiger partial charge in [0.15, 0.2) is 5.82 Å². The smallest absolute Gasteiger partial charge is 0.293 e. The molecule has 2 N–H and O–H groups in total. The maximum absolute atomic E-state index is 13.8. The molecule has 15 heteroatoms. The highest BCUT2D eigenvalue weighted by atomic mass is 35.5. The van der Waals surface area contributed by atoms with E-state index in [0.717, 1.165) is 74.4 Å². The first-order chi connectivity index (χ1) is 29.4. The van der Waals surface area contributed by atoms with E-state index >= 15 is 0 Å². The number of benzene rings is 5. The van der Waals surface area contributed by atoms with Gasteiger partial charge < -0.3 is 15.1 Å². The number of thioether (sulfide) groups is 1. The molecule has 1 aromatic heterocycles. The number of nitrogens with zero attached hydrogens (tertiary/aromatic N) is 6. The number of nitro groups is 1. The molecule has 7 rings (SSSR count). The minimum absolute atomic E-state index is 0.0918. The van der Waals surface area contributed by atoms with Gasteiger partial charge in [-0.15, -0.1) is 11.8 Å². The van der Waals surface area contributed by atoms with Crippen molar-refractivity contribution < 1.29 is 13.3 Å². The molecule has 0 unspecified atom stereocenters. The Morgan fingerprint density at radius 3 is 2.38 bits per heavy atom. The van der Waals surface area contributed by atoms with E-state index in [1.807, 2.05) is 60.7 Å². The summed E-state index contributed by atoms with van der Waals surface area (Å²) in [6.07, 6.45) is 2.06. The summed E-state index contributed by atoms with van der Waals surface area (Å²) in [7, 11) is -2.20. The average molecular weight is 880 g/mol. The molecule has 0 amide bonds. The van der Waals surface area contributed by atoms with Crippen molar-refractivity contribution in [1.29, 1.82) is 0 Å². The molecular weight excluding hydrogens is 828 g/mol. The lowest BCUT2D eigenvalue weighted by Gasteiger charge is -2.36. The summed E-state index contributed by atoms with van der Waals surface area (Å²) in [4.78, 5) is 28.5. The van der Waals surface area contributed by atoms with E-state index in [0.29, 0.717) is 27.6 Å². The third kappa shape index (κ3) is 11.6. The Hall–Kier alpha value is -5.25. The molecular formula is C46H51ClN8O4S2. The van der Waals surface area contributed by atoms with Gasteiger partial charge in [0, 0.05) is 78.1 Å². The number of piperazine rings is 1. The van der Waals surface area contributed by atoms with E-state index in [9.17, 15) is 18.5 Å². The molecule has 1 aliphatic rings. The molecule has 61 heavy (non-hydrogen) atoms. The normalized spacial score (nSPS) is 14.1. The number of aromatic nitrogens is 2. The average Bonchev–Trinajstić information content (AvgIpc) is 3.25. The Kier molecular flexibility index (Phi) is 14.4. The second-order valence-corrected chi connectivity index (χ2v) is 19.0. The molecule has 0 spiro atoms. The van der Waals surface area contributed by atoms with Crippen LogP contribution in [0.2, 0.25) is 5.02 Å². The molecule has 0 saturated carbocycles. The molecule has 1 saturated heterocycles. The van der Waals surface area contributed by atoms with Gasteiger partial charge in [0.05, 0.1) is 15.3 Å². The lowest BCUT2D eigenvalue weighted by atomic mass is 9.99. The van der Waals surface area contributed by atoms with Gasteiger partial charge in [-0.3, -0.25) is 19.7 Å². The molecule has 5 aromatic carbocycles. The van der Waals surface area contributed by atoms with Crippen LogP contribution in [0.25, 0.3) is 22.0 Å². The molecule has 12 nitrogen and oxygen atoms in total. The van der Waals surface area contributed by atoms with E-state index in [2.05, 4.69) is 92.0 Å². The number of fused-ring (bicyclic) bond motifs is 1. The molecule has 0 bridgehead atoms. The summed E-state index contributed by atoms with van der Waals surface area (Å²) in [6, 6.07) is 36.0. The summed E-state index contributed by atoms with van der Waals surface area (Å²) in [5.41, 5.74) is 5.09.